The fourth-order valence-electron chi connectivity index (χ4n) is 2.54. The van der Waals surface area contributed by atoms with Gasteiger partial charge < -0.3 is 20.1 Å². The van der Waals surface area contributed by atoms with Crippen LogP contribution in [0.1, 0.15) is 31.3 Å². The summed E-state index contributed by atoms with van der Waals surface area (Å²) in [6.45, 7) is 3.17. The number of nitrogen functional groups attached to an aromatic ring is 1. The second-order valence-electron chi connectivity index (χ2n) is 4.78. The molecule has 0 spiro atoms. The summed E-state index contributed by atoms with van der Waals surface area (Å²) in [5.74, 6) is 0.686. The first-order valence-corrected chi connectivity index (χ1v) is 6.20. The first kappa shape index (κ1) is 11.5. The van der Waals surface area contributed by atoms with Crippen molar-refractivity contribution in [1.29, 1.82) is 0 Å². The van der Waals surface area contributed by atoms with Crippen LogP contribution in [0.25, 0.3) is 11.0 Å². The number of benzene rings is 1. The van der Waals surface area contributed by atoms with Crippen LogP contribution in [0.3, 0.4) is 0 Å². The van der Waals surface area contributed by atoms with Crippen LogP contribution in [0.5, 0.6) is 0 Å². The van der Waals surface area contributed by atoms with Crippen LogP contribution >= 0.6 is 0 Å². The average Bonchev–Trinajstić information content (AvgIpc) is 2.92. The largest absolute Gasteiger partial charge is 0.399 e. The van der Waals surface area contributed by atoms with Crippen LogP contribution in [0.15, 0.2) is 18.2 Å². The number of hydrogen-bond donors (Lipinski definition) is 2. The molecule has 1 saturated heterocycles. The van der Waals surface area contributed by atoms with E-state index in [4.69, 9.17) is 10.5 Å². The number of aromatic nitrogens is 2. The highest BCUT2D eigenvalue weighted by Gasteiger charge is 2.24. The standard InChI is InChI=1S/C13H17N3O2/c1-8(17)13-15-11-6-9(14)2-3-12(11)16(13)10-4-5-18-7-10/h2-3,6,8,10,17H,4-5,7,14H2,1H3. The molecule has 3 N–H and O–H groups in total. The van der Waals surface area contributed by atoms with E-state index in [0.29, 0.717) is 18.1 Å². The Labute approximate surface area is 105 Å². The van der Waals surface area contributed by atoms with E-state index in [0.717, 1.165) is 24.1 Å². The molecular weight excluding hydrogens is 230 g/mol. The molecule has 0 bridgehead atoms. The Morgan fingerprint density at radius 1 is 1.56 bits per heavy atom. The van der Waals surface area contributed by atoms with Crippen molar-refractivity contribution in [3.05, 3.63) is 24.0 Å². The Hall–Kier alpha value is -1.59. The Bertz CT molecular complexity index is 571. The molecule has 0 saturated carbocycles. The third kappa shape index (κ3) is 1.76. The van der Waals surface area contributed by atoms with Crippen molar-refractivity contribution in [3.8, 4) is 0 Å². The maximum atomic E-state index is 9.88. The molecule has 1 aromatic carbocycles. The van der Waals surface area contributed by atoms with Gasteiger partial charge in [-0.2, -0.15) is 0 Å². The molecule has 18 heavy (non-hydrogen) atoms. The number of aliphatic hydroxyl groups excluding tert-OH is 1. The molecule has 2 aromatic rings. The van der Waals surface area contributed by atoms with E-state index in [1.54, 1.807) is 6.92 Å². The van der Waals surface area contributed by atoms with E-state index in [9.17, 15) is 5.11 Å². The maximum absolute atomic E-state index is 9.88. The molecule has 5 nitrogen and oxygen atoms in total. The van der Waals surface area contributed by atoms with Crippen molar-refractivity contribution < 1.29 is 9.84 Å². The molecule has 1 aliphatic heterocycles. The first-order valence-electron chi connectivity index (χ1n) is 6.20. The zero-order valence-electron chi connectivity index (χ0n) is 10.3. The predicted molar refractivity (Wildman–Crippen MR) is 69.3 cm³/mol. The van der Waals surface area contributed by atoms with Crippen LogP contribution < -0.4 is 5.73 Å². The van der Waals surface area contributed by atoms with E-state index < -0.39 is 6.10 Å². The van der Waals surface area contributed by atoms with Crippen LogP contribution in [-0.2, 0) is 4.74 Å². The number of rotatable bonds is 2. The highest BCUT2D eigenvalue weighted by atomic mass is 16.5. The number of aliphatic hydroxyl groups is 1. The summed E-state index contributed by atoms with van der Waals surface area (Å²) >= 11 is 0. The summed E-state index contributed by atoms with van der Waals surface area (Å²) in [6.07, 6.45) is 0.356. The van der Waals surface area contributed by atoms with Crippen LogP contribution in [0.2, 0.25) is 0 Å². The van der Waals surface area contributed by atoms with Gasteiger partial charge in [-0.3, -0.25) is 0 Å². The summed E-state index contributed by atoms with van der Waals surface area (Å²) < 4.78 is 7.52. The monoisotopic (exact) mass is 247 g/mol. The van der Waals surface area contributed by atoms with Gasteiger partial charge in [-0.1, -0.05) is 0 Å². The molecule has 0 aliphatic carbocycles. The lowest BCUT2D eigenvalue weighted by atomic mass is 10.2. The lowest BCUT2D eigenvalue weighted by Gasteiger charge is -2.16. The van der Waals surface area contributed by atoms with Crippen LogP contribution in [0.4, 0.5) is 5.69 Å². The van der Waals surface area contributed by atoms with Crippen molar-refractivity contribution in [1.82, 2.24) is 9.55 Å². The number of hydrogen-bond acceptors (Lipinski definition) is 4. The van der Waals surface area contributed by atoms with E-state index in [-0.39, 0.29) is 6.04 Å². The SMILES string of the molecule is CC(O)c1nc2cc(N)ccc2n1C1CCOC1. The Morgan fingerprint density at radius 2 is 2.39 bits per heavy atom. The topological polar surface area (TPSA) is 73.3 Å². The normalized spacial score (nSPS) is 21.6. The Morgan fingerprint density at radius 3 is 3.06 bits per heavy atom. The van der Waals surface area contributed by atoms with Crippen molar-refractivity contribution in [2.75, 3.05) is 18.9 Å². The van der Waals surface area contributed by atoms with Gasteiger partial charge in [0.05, 0.1) is 23.7 Å². The minimum absolute atomic E-state index is 0.253. The van der Waals surface area contributed by atoms with Crippen molar-refractivity contribution in [3.63, 3.8) is 0 Å². The first-order chi connectivity index (χ1) is 8.66. The molecule has 5 heteroatoms. The molecule has 1 aromatic heterocycles. The van der Waals surface area contributed by atoms with E-state index in [1.807, 2.05) is 18.2 Å². The average molecular weight is 247 g/mol. The van der Waals surface area contributed by atoms with E-state index >= 15 is 0 Å². The highest BCUT2D eigenvalue weighted by Crippen LogP contribution is 2.30. The fraction of sp³-hybridized carbons (Fsp3) is 0.462. The Kier molecular flexibility index (Phi) is 2.72. The number of fused-ring (bicyclic) bond motifs is 1. The second kappa shape index (κ2) is 4.26. The number of nitrogens with zero attached hydrogens (tertiary/aromatic N) is 2. The van der Waals surface area contributed by atoms with Gasteiger partial charge in [0.1, 0.15) is 11.9 Å². The highest BCUT2D eigenvalue weighted by molar-refractivity contribution is 5.80. The molecule has 3 rings (SSSR count). The fourth-order valence-corrected chi connectivity index (χ4v) is 2.54. The van der Waals surface area contributed by atoms with Crippen LogP contribution in [-0.4, -0.2) is 27.9 Å². The second-order valence-corrected chi connectivity index (χ2v) is 4.78. The van der Waals surface area contributed by atoms with Crippen LogP contribution in [0, 0.1) is 0 Å². The quantitative estimate of drug-likeness (QED) is 0.791. The summed E-state index contributed by atoms with van der Waals surface area (Å²) in [5.41, 5.74) is 8.30. The van der Waals surface area contributed by atoms with Crippen molar-refractivity contribution >= 4 is 16.7 Å². The number of ether oxygens (including phenoxy) is 1. The zero-order valence-corrected chi connectivity index (χ0v) is 10.3. The molecule has 0 amide bonds. The van der Waals surface area contributed by atoms with Crippen molar-refractivity contribution in [2.24, 2.45) is 0 Å². The van der Waals surface area contributed by atoms with Gasteiger partial charge in [0.2, 0.25) is 0 Å². The molecule has 2 unspecified atom stereocenters. The summed E-state index contributed by atoms with van der Waals surface area (Å²) in [6, 6.07) is 5.92. The zero-order chi connectivity index (χ0) is 12.7. The maximum Gasteiger partial charge on any atom is 0.138 e. The predicted octanol–water partition coefficient (Wildman–Crippen LogP) is 1.63. The van der Waals surface area contributed by atoms with Gasteiger partial charge in [-0.25, -0.2) is 4.98 Å². The van der Waals surface area contributed by atoms with Gasteiger partial charge in [-0.05, 0) is 31.5 Å². The Balaban J connectivity index is 2.21. The van der Waals surface area contributed by atoms with Crippen molar-refractivity contribution in [2.45, 2.75) is 25.5 Å². The molecule has 1 fully saturated rings. The van der Waals surface area contributed by atoms with Gasteiger partial charge in [-0.15, -0.1) is 0 Å². The number of anilines is 1. The summed E-state index contributed by atoms with van der Waals surface area (Å²) in [4.78, 5) is 4.50. The van der Waals surface area contributed by atoms with E-state index in [1.165, 1.54) is 0 Å². The van der Waals surface area contributed by atoms with Gasteiger partial charge >= 0.3 is 0 Å². The minimum Gasteiger partial charge on any atom is -0.399 e. The minimum atomic E-state index is -0.598. The molecule has 96 valence electrons. The third-order valence-corrected chi connectivity index (χ3v) is 3.39. The molecular formula is C13H17N3O2. The van der Waals surface area contributed by atoms with E-state index in [2.05, 4.69) is 9.55 Å². The molecule has 1 aliphatic rings. The van der Waals surface area contributed by atoms with Gasteiger partial charge in [0, 0.05) is 12.3 Å². The summed E-state index contributed by atoms with van der Waals surface area (Å²) in [5, 5.41) is 9.88. The lowest BCUT2D eigenvalue weighted by Crippen LogP contribution is -2.14. The lowest BCUT2D eigenvalue weighted by molar-refractivity contribution is 0.170. The molecule has 2 heterocycles. The smallest absolute Gasteiger partial charge is 0.138 e. The number of imidazole rings is 1. The number of nitrogens with two attached hydrogens (primary N) is 1. The van der Waals surface area contributed by atoms with Gasteiger partial charge in [0.15, 0.2) is 0 Å². The molecule has 0 radical (unpaired) electrons. The van der Waals surface area contributed by atoms with Gasteiger partial charge in [0.25, 0.3) is 0 Å². The summed E-state index contributed by atoms with van der Waals surface area (Å²) in [7, 11) is 0. The molecule has 2 atom stereocenters. The third-order valence-electron chi connectivity index (χ3n) is 3.39.